The third-order valence-corrected chi connectivity index (χ3v) is 0.769. The summed E-state index contributed by atoms with van der Waals surface area (Å²) < 4.78 is 14.1. The molecule has 0 aromatic carbocycles. The molecule has 0 spiro atoms. The van der Waals surface area contributed by atoms with Crippen LogP contribution < -0.4 is 0 Å². The highest BCUT2D eigenvalue weighted by Crippen LogP contribution is 1.82. The first-order valence-electron chi connectivity index (χ1n) is 2.12. The molecular weight excluding hydrogens is 176 g/mol. The molecule has 0 radical (unpaired) electrons. The van der Waals surface area contributed by atoms with Gasteiger partial charge in [0.1, 0.15) is 12.3 Å². The van der Waals surface area contributed by atoms with Gasteiger partial charge in [-0.1, -0.05) is 15.9 Å². The summed E-state index contributed by atoms with van der Waals surface area (Å²) in [4.78, 5) is 0. The maximum absolute atomic E-state index is 4.75. The second kappa shape index (κ2) is 7.36. The van der Waals surface area contributed by atoms with Gasteiger partial charge in [-0.05, 0) is 0 Å². The van der Waals surface area contributed by atoms with E-state index >= 15 is 0 Å². The number of rotatable bonds is 5. The van der Waals surface area contributed by atoms with Crippen LogP contribution in [0.4, 0.5) is 0 Å². The van der Waals surface area contributed by atoms with E-state index in [-0.39, 0.29) is 13.6 Å². The van der Waals surface area contributed by atoms with Crippen molar-refractivity contribution in [2.24, 2.45) is 0 Å². The monoisotopic (exact) mass is 184 g/mol. The van der Waals surface area contributed by atoms with Gasteiger partial charge in [-0.2, -0.15) is 0 Å². The van der Waals surface area contributed by atoms with Crippen LogP contribution in [0.25, 0.3) is 0 Å². The van der Waals surface area contributed by atoms with Crippen molar-refractivity contribution in [3.05, 3.63) is 0 Å². The molecule has 3 nitrogen and oxygen atoms in total. The van der Waals surface area contributed by atoms with Crippen LogP contribution in [-0.4, -0.2) is 26.2 Å². The van der Waals surface area contributed by atoms with Gasteiger partial charge < -0.3 is 14.2 Å². The minimum atomic E-state index is 0.277. The van der Waals surface area contributed by atoms with Crippen LogP contribution in [0.5, 0.6) is 0 Å². The van der Waals surface area contributed by atoms with E-state index in [0.29, 0.717) is 5.52 Å². The molecule has 0 bridgehead atoms. The van der Waals surface area contributed by atoms with Crippen LogP contribution in [0.3, 0.4) is 0 Å². The van der Waals surface area contributed by atoms with Crippen LogP contribution in [0, 0.1) is 0 Å². The van der Waals surface area contributed by atoms with Gasteiger partial charge >= 0.3 is 0 Å². The highest BCUT2D eigenvalue weighted by atomic mass is 79.9. The lowest BCUT2D eigenvalue weighted by Gasteiger charge is -1.99. The Hall–Kier alpha value is 0.360. The van der Waals surface area contributed by atoms with Crippen molar-refractivity contribution in [3.8, 4) is 0 Å². The average Bonchev–Trinajstić information content (AvgIpc) is 1.81. The molecule has 4 heteroatoms. The first-order valence-corrected chi connectivity index (χ1v) is 3.24. The summed E-state index contributed by atoms with van der Waals surface area (Å²) >= 11 is 3.06. The summed E-state index contributed by atoms with van der Waals surface area (Å²) in [5, 5.41) is 0. The van der Waals surface area contributed by atoms with Crippen molar-refractivity contribution >= 4 is 15.9 Å². The van der Waals surface area contributed by atoms with Gasteiger partial charge in [0.25, 0.3) is 0 Å². The molecule has 0 heterocycles. The molecule has 50 valence electrons. The van der Waals surface area contributed by atoms with Crippen molar-refractivity contribution in [1.82, 2.24) is 0 Å². The Kier molecular flexibility index (Phi) is 7.69. The van der Waals surface area contributed by atoms with Gasteiger partial charge in [0.15, 0.2) is 6.79 Å². The summed E-state index contributed by atoms with van der Waals surface area (Å²) in [7, 11) is 1.56. The van der Waals surface area contributed by atoms with E-state index in [1.54, 1.807) is 7.11 Å². The van der Waals surface area contributed by atoms with Crippen molar-refractivity contribution < 1.29 is 14.2 Å². The summed E-state index contributed by atoms with van der Waals surface area (Å²) in [6, 6.07) is 0. The Morgan fingerprint density at radius 3 is 2.50 bits per heavy atom. The van der Waals surface area contributed by atoms with Crippen LogP contribution in [0.1, 0.15) is 0 Å². The lowest BCUT2D eigenvalue weighted by atomic mass is 11.3. The normalized spacial score (nSPS) is 9.75. The fraction of sp³-hybridized carbons (Fsp3) is 1.00. The molecule has 0 saturated heterocycles. The zero-order valence-corrected chi connectivity index (χ0v) is 6.31. The fourth-order valence-electron chi connectivity index (χ4n) is 0.208. The van der Waals surface area contributed by atoms with Crippen molar-refractivity contribution in [2.75, 3.05) is 26.2 Å². The molecule has 0 N–H and O–H groups in total. The third kappa shape index (κ3) is 6.36. The van der Waals surface area contributed by atoms with E-state index in [0.717, 1.165) is 0 Å². The Balaban J connectivity index is 2.53. The van der Waals surface area contributed by atoms with Gasteiger partial charge in [0, 0.05) is 7.11 Å². The molecule has 0 aromatic heterocycles. The second-order valence-electron chi connectivity index (χ2n) is 1.04. The zero-order chi connectivity index (χ0) is 6.24. The maximum Gasteiger partial charge on any atom is 0.150 e. The quantitative estimate of drug-likeness (QED) is 0.362. The predicted molar refractivity (Wildman–Crippen MR) is 32.7 cm³/mol. The van der Waals surface area contributed by atoms with E-state index in [1.807, 2.05) is 0 Å². The van der Waals surface area contributed by atoms with Crippen LogP contribution >= 0.6 is 15.9 Å². The van der Waals surface area contributed by atoms with E-state index in [1.165, 1.54) is 0 Å². The first kappa shape index (κ1) is 8.36. The molecule has 0 fully saturated rings. The maximum atomic E-state index is 4.75. The standard InChI is InChI=1S/C4H9BrO3/c1-6-3-8-4-7-2-5/h2-4H2,1H3. The first-order chi connectivity index (χ1) is 3.91. The lowest BCUT2D eigenvalue weighted by Crippen LogP contribution is -2.00. The molecule has 0 atom stereocenters. The highest BCUT2D eigenvalue weighted by Gasteiger charge is 1.80. The molecule has 0 unspecified atom stereocenters. The Labute approximate surface area is 57.0 Å². The summed E-state index contributed by atoms with van der Waals surface area (Å²) in [6.07, 6.45) is 0. The third-order valence-electron chi connectivity index (χ3n) is 0.445. The molecule has 0 aliphatic rings. The SMILES string of the molecule is COCOCOCBr. The lowest BCUT2D eigenvalue weighted by molar-refractivity contribution is -0.110. The molecule has 0 aliphatic heterocycles. The van der Waals surface area contributed by atoms with Crippen molar-refractivity contribution in [3.63, 3.8) is 0 Å². The minimum Gasteiger partial charge on any atom is -0.359 e. The average molecular weight is 185 g/mol. The predicted octanol–water partition coefficient (Wildman–Crippen LogP) is 0.933. The van der Waals surface area contributed by atoms with Gasteiger partial charge in [-0.15, -0.1) is 0 Å². The largest absolute Gasteiger partial charge is 0.359 e. The highest BCUT2D eigenvalue weighted by molar-refractivity contribution is 9.09. The molecule has 0 rings (SSSR count). The van der Waals surface area contributed by atoms with Gasteiger partial charge in [0.05, 0.1) is 0 Å². The Morgan fingerprint density at radius 1 is 1.25 bits per heavy atom. The van der Waals surface area contributed by atoms with Crippen LogP contribution in [0.15, 0.2) is 0 Å². The number of alkyl halides is 1. The van der Waals surface area contributed by atoms with E-state index in [9.17, 15) is 0 Å². The molecule has 0 aliphatic carbocycles. The molecule has 8 heavy (non-hydrogen) atoms. The number of methoxy groups -OCH3 is 1. The number of ether oxygens (including phenoxy) is 3. The summed E-state index contributed by atoms with van der Waals surface area (Å²) in [6.45, 7) is 0.562. The Bertz CT molecular complexity index is 36.3. The van der Waals surface area contributed by atoms with E-state index in [4.69, 9.17) is 9.47 Å². The van der Waals surface area contributed by atoms with Gasteiger partial charge in [-0.25, -0.2) is 0 Å². The van der Waals surface area contributed by atoms with Crippen molar-refractivity contribution in [1.29, 1.82) is 0 Å². The zero-order valence-electron chi connectivity index (χ0n) is 4.72. The molecule has 0 saturated carbocycles. The molecule has 0 aromatic rings. The van der Waals surface area contributed by atoms with Crippen LogP contribution in [0.2, 0.25) is 0 Å². The Morgan fingerprint density at radius 2 is 2.00 bits per heavy atom. The smallest absolute Gasteiger partial charge is 0.150 e. The number of hydrogen-bond acceptors (Lipinski definition) is 3. The topological polar surface area (TPSA) is 27.7 Å². The van der Waals surface area contributed by atoms with Gasteiger partial charge in [-0.3, -0.25) is 0 Å². The molecule has 0 amide bonds. The fourth-order valence-corrected chi connectivity index (χ4v) is 0.340. The van der Waals surface area contributed by atoms with Gasteiger partial charge in [0.2, 0.25) is 0 Å². The van der Waals surface area contributed by atoms with E-state index in [2.05, 4.69) is 20.7 Å². The molecular formula is C4H9BrO3. The van der Waals surface area contributed by atoms with Crippen molar-refractivity contribution in [2.45, 2.75) is 0 Å². The number of halogens is 1. The summed E-state index contributed by atoms with van der Waals surface area (Å²) in [5.41, 5.74) is 0.497. The summed E-state index contributed by atoms with van der Waals surface area (Å²) in [5.74, 6) is 0. The number of hydrogen-bond donors (Lipinski definition) is 0. The second-order valence-corrected chi connectivity index (χ2v) is 1.50. The van der Waals surface area contributed by atoms with Crippen LogP contribution in [-0.2, 0) is 14.2 Å². The van der Waals surface area contributed by atoms with E-state index < -0.39 is 0 Å². The minimum absolute atomic E-state index is 0.277.